The van der Waals surface area contributed by atoms with Crippen LogP contribution >= 0.6 is 23.2 Å². The second-order valence-corrected chi connectivity index (χ2v) is 8.41. The van der Waals surface area contributed by atoms with E-state index in [0.29, 0.717) is 47.9 Å². The van der Waals surface area contributed by atoms with Crippen molar-refractivity contribution in [3.05, 3.63) is 51.4 Å². The molecule has 3 heterocycles. The van der Waals surface area contributed by atoms with Gasteiger partial charge < -0.3 is 25.0 Å². The van der Waals surface area contributed by atoms with E-state index in [2.05, 4.69) is 15.3 Å². The van der Waals surface area contributed by atoms with Gasteiger partial charge in [0.25, 0.3) is 5.91 Å². The van der Waals surface area contributed by atoms with E-state index in [1.165, 1.54) is 7.11 Å². The number of methoxy groups -OCH3 is 1. The normalized spacial score (nSPS) is 14.6. The number of hydrogen-bond acceptors (Lipinski definition) is 5. The first-order chi connectivity index (χ1) is 15.3. The van der Waals surface area contributed by atoms with Crippen LogP contribution in [-0.2, 0) is 0 Å². The van der Waals surface area contributed by atoms with Gasteiger partial charge in [-0.2, -0.15) is 0 Å². The quantitative estimate of drug-likeness (QED) is 0.506. The Bertz CT molecular complexity index is 1200. The van der Waals surface area contributed by atoms with Crippen LogP contribution in [0.3, 0.4) is 0 Å². The second kappa shape index (κ2) is 8.88. The highest BCUT2D eigenvalue weighted by atomic mass is 35.5. The van der Waals surface area contributed by atoms with Crippen LogP contribution in [-0.4, -0.2) is 53.2 Å². The molecule has 32 heavy (non-hydrogen) atoms. The molecular weight excluding hydrogens is 455 g/mol. The zero-order valence-corrected chi connectivity index (χ0v) is 19.0. The largest absolute Gasteiger partial charge is 0.494 e. The molecule has 1 aliphatic rings. The van der Waals surface area contributed by atoms with Crippen molar-refractivity contribution in [2.75, 3.05) is 25.1 Å². The van der Waals surface area contributed by atoms with Gasteiger partial charge in [-0.3, -0.25) is 4.79 Å². The maximum absolute atomic E-state index is 12.6. The average Bonchev–Trinajstić information content (AvgIpc) is 3.05. The number of carbonyl (C=O) groups is 2. The number of benzene rings is 1. The fourth-order valence-electron chi connectivity index (χ4n) is 4.03. The molecular formula is C22H22Cl2N4O4. The summed E-state index contributed by atoms with van der Waals surface area (Å²) in [5.41, 5.74) is 0.777. The molecule has 2 aromatic heterocycles. The summed E-state index contributed by atoms with van der Waals surface area (Å²) < 4.78 is 5.35. The van der Waals surface area contributed by atoms with Gasteiger partial charge in [-0.25, -0.2) is 9.78 Å². The summed E-state index contributed by atoms with van der Waals surface area (Å²) in [5.74, 6) is -0.605. The molecule has 1 aromatic carbocycles. The van der Waals surface area contributed by atoms with E-state index in [0.717, 1.165) is 5.39 Å². The third-order valence-electron chi connectivity index (χ3n) is 5.66. The number of H-pyrrole nitrogens is 1. The summed E-state index contributed by atoms with van der Waals surface area (Å²) in [7, 11) is 1.44. The minimum absolute atomic E-state index is 0.0549. The second-order valence-electron chi connectivity index (χ2n) is 7.66. The Balaban J connectivity index is 1.54. The number of fused-ring (bicyclic) bond motifs is 1. The molecule has 0 unspecified atom stereocenters. The highest BCUT2D eigenvalue weighted by molar-refractivity contribution is 6.44. The van der Waals surface area contributed by atoms with E-state index in [-0.39, 0.29) is 34.1 Å². The molecule has 3 aromatic rings. The van der Waals surface area contributed by atoms with Crippen molar-refractivity contribution in [3.8, 4) is 5.75 Å². The van der Waals surface area contributed by atoms with Crippen LogP contribution in [0.25, 0.3) is 10.8 Å². The molecule has 0 saturated carbocycles. The Kier molecular flexibility index (Phi) is 6.17. The number of carbonyl (C=O) groups excluding carboxylic acids is 1. The molecule has 0 aliphatic carbocycles. The molecule has 1 fully saturated rings. The molecule has 0 bridgehead atoms. The Hall–Kier alpha value is -2.97. The number of carboxylic acids is 1. The van der Waals surface area contributed by atoms with Gasteiger partial charge in [0, 0.05) is 35.6 Å². The van der Waals surface area contributed by atoms with E-state index in [9.17, 15) is 14.7 Å². The summed E-state index contributed by atoms with van der Waals surface area (Å²) in [4.78, 5) is 33.8. The fourth-order valence-corrected chi connectivity index (χ4v) is 4.45. The number of amides is 1. The van der Waals surface area contributed by atoms with Crippen LogP contribution in [0.2, 0.25) is 10.0 Å². The number of anilines is 1. The Morgan fingerprint density at radius 3 is 2.41 bits per heavy atom. The lowest BCUT2D eigenvalue weighted by atomic mass is 10.0. The van der Waals surface area contributed by atoms with Gasteiger partial charge in [-0.05, 0) is 19.8 Å². The molecule has 10 heteroatoms. The van der Waals surface area contributed by atoms with Crippen LogP contribution in [0.15, 0.2) is 24.3 Å². The van der Waals surface area contributed by atoms with Crippen LogP contribution in [0.5, 0.6) is 5.75 Å². The predicted octanol–water partition coefficient (Wildman–Crippen LogP) is 4.28. The first kappa shape index (κ1) is 22.2. The van der Waals surface area contributed by atoms with Gasteiger partial charge in [-0.1, -0.05) is 47.5 Å². The number of hydrogen-bond donors (Lipinski definition) is 3. The van der Waals surface area contributed by atoms with Crippen molar-refractivity contribution in [1.29, 1.82) is 0 Å². The zero-order chi connectivity index (χ0) is 23.0. The van der Waals surface area contributed by atoms with Gasteiger partial charge in [0.1, 0.15) is 11.5 Å². The van der Waals surface area contributed by atoms with Crippen LogP contribution in [0.1, 0.15) is 39.5 Å². The molecule has 3 N–H and O–H groups in total. The molecule has 1 saturated heterocycles. The van der Waals surface area contributed by atoms with Crippen molar-refractivity contribution < 1.29 is 19.4 Å². The lowest BCUT2D eigenvalue weighted by Crippen LogP contribution is -2.45. The summed E-state index contributed by atoms with van der Waals surface area (Å²) in [6, 6.07) is 7.39. The summed E-state index contributed by atoms with van der Waals surface area (Å²) >= 11 is 12.2. The van der Waals surface area contributed by atoms with Crippen molar-refractivity contribution in [3.63, 3.8) is 0 Å². The van der Waals surface area contributed by atoms with Gasteiger partial charge in [0.15, 0.2) is 11.4 Å². The number of nitrogens with zero attached hydrogens (tertiary/aromatic N) is 2. The topological polar surface area (TPSA) is 108 Å². The minimum atomic E-state index is -1.15. The van der Waals surface area contributed by atoms with Crippen molar-refractivity contribution in [2.45, 2.75) is 25.8 Å². The van der Waals surface area contributed by atoms with Crippen LogP contribution in [0.4, 0.5) is 5.82 Å². The number of pyridine rings is 1. The molecule has 4 rings (SSSR count). The lowest BCUT2D eigenvalue weighted by Gasteiger charge is -2.34. The standard InChI is InChI=1S/C22H22Cl2N4O4/c1-11-15(23)16(24)17(25-11)21(29)26-12-7-9-28(10-8-12)20-14-6-4-3-5-13(14)19(32-2)18(27-20)22(30)31/h3-6,12,25H,7-10H2,1-2H3,(H,26,29)(H,30,31). The van der Waals surface area contributed by atoms with Crippen molar-refractivity contribution in [2.24, 2.45) is 0 Å². The first-order valence-electron chi connectivity index (χ1n) is 10.1. The van der Waals surface area contributed by atoms with Gasteiger partial charge in [0.2, 0.25) is 0 Å². The van der Waals surface area contributed by atoms with E-state index in [4.69, 9.17) is 27.9 Å². The van der Waals surface area contributed by atoms with Crippen LogP contribution < -0.4 is 15.0 Å². The van der Waals surface area contributed by atoms with E-state index in [1.807, 2.05) is 29.2 Å². The number of carboxylic acid groups (broad SMARTS) is 1. The average molecular weight is 477 g/mol. The maximum Gasteiger partial charge on any atom is 0.358 e. The number of aromatic nitrogens is 2. The highest BCUT2D eigenvalue weighted by Crippen LogP contribution is 2.35. The maximum atomic E-state index is 12.6. The monoisotopic (exact) mass is 476 g/mol. The van der Waals surface area contributed by atoms with E-state index in [1.54, 1.807) is 6.92 Å². The van der Waals surface area contributed by atoms with Gasteiger partial charge >= 0.3 is 5.97 Å². The molecule has 168 valence electrons. The number of nitrogens with one attached hydrogen (secondary N) is 2. The van der Waals surface area contributed by atoms with Crippen molar-refractivity contribution >= 4 is 51.7 Å². The van der Waals surface area contributed by atoms with Crippen molar-refractivity contribution in [1.82, 2.24) is 15.3 Å². The van der Waals surface area contributed by atoms with Gasteiger partial charge in [0.05, 0.1) is 17.2 Å². The smallest absolute Gasteiger partial charge is 0.358 e. The van der Waals surface area contributed by atoms with E-state index >= 15 is 0 Å². The predicted molar refractivity (Wildman–Crippen MR) is 124 cm³/mol. The third-order valence-corrected chi connectivity index (χ3v) is 6.61. The molecule has 0 atom stereocenters. The lowest BCUT2D eigenvalue weighted by molar-refractivity contribution is 0.0686. The molecule has 1 aliphatic heterocycles. The number of ether oxygens (including phenoxy) is 1. The number of rotatable bonds is 5. The number of aromatic amines is 1. The number of aryl methyl sites for hydroxylation is 1. The Morgan fingerprint density at radius 2 is 1.84 bits per heavy atom. The Labute approximate surface area is 194 Å². The highest BCUT2D eigenvalue weighted by Gasteiger charge is 2.27. The Morgan fingerprint density at radius 1 is 1.19 bits per heavy atom. The zero-order valence-electron chi connectivity index (χ0n) is 17.5. The minimum Gasteiger partial charge on any atom is -0.494 e. The molecule has 0 radical (unpaired) electrons. The molecule has 0 spiro atoms. The first-order valence-corrected chi connectivity index (χ1v) is 10.9. The summed E-state index contributed by atoms with van der Waals surface area (Å²) in [5, 5.41) is 14.7. The molecule has 8 nitrogen and oxygen atoms in total. The van der Waals surface area contributed by atoms with Gasteiger partial charge in [-0.15, -0.1) is 0 Å². The number of piperidine rings is 1. The SMILES string of the molecule is COc1c(C(=O)O)nc(N2CCC(NC(=O)c3[nH]c(C)c(Cl)c3Cl)CC2)c2ccccc12. The fraction of sp³-hybridized carbons (Fsp3) is 0.318. The van der Waals surface area contributed by atoms with Crippen LogP contribution in [0, 0.1) is 6.92 Å². The number of aromatic carboxylic acids is 1. The molecule has 1 amide bonds. The summed E-state index contributed by atoms with van der Waals surface area (Å²) in [6.07, 6.45) is 1.34. The number of halogens is 2. The third kappa shape index (κ3) is 3.96. The summed E-state index contributed by atoms with van der Waals surface area (Å²) in [6.45, 7) is 2.96. The van der Waals surface area contributed by atoms with E-state index < -0.39 is 5.97 Å².